The van der Waals surface area contributed by atoms with Crippen molar-refractivity contribution < 1.29 is 5.11 Å². The Labute approximate surface area is 125 Å². The molecule has 1 fully saturated rings. The van der Waals surface area contributed by atoms with Crippen molar-refractivity contribution in [3.63, 3.8) is 0 Å². The Hall–Kier alpha value is -2.10. The fourth-order valence-electron chi connectivity index (χ4n) is 3.52. The molecule has 0 saturated heterocycles. The number of rotatable bonds is 2. The number of hydrogen-bond donors (Lipinski definition) is 2. The third kappa shape index (κ3) is 2.99. The van der Waals surface area contributed by atoms with Crippen LogP contribution in [0.5, 0.6) is 5.75 Å². The molecular weight excluding hydrogens is 262 g/mol. The van der Waals surface area contributed by atoms with E-state index in [2.05, 4.69) is 16.9 Å². The minimum Gasteiger partial charge on any atom is -0.508 e. The van der Waals surface area contributed by atoms with E-state index < -0.39 is 0 Å². The van der Waals surface area contributed by atoms with E-state index in [-0.39, 0.29) is 0 Å². The monoisotopic (exact) mass is 283 g/mol. The first-order valence-electron chi connectivity index (χ1n) is 7.48. The largest absolute Gasteiger partial charge is 0.508 e. The maximum atomic E-state index is 9.44. The van der Waals surface area contributed by atoms with E-state index in [9.17, 15) is 5.11 Å². The van der Waals surface area contributed by atoms with Gasteiger partial charge in [-0.15, -0.1) is 0 Å². The molecule has 110 valence electrons. The van der Waals surface area contributed by atoms with Crippen molar-refractivity contribution in [2.24, 2.45) is 5.92 Å². The van der Waals surface area contributed by atoms with Crippen LogP contribution in [0, 0.1) is 5.92 Å². The number of nitrogens with two attached hydrogens (primary N) is 1. The maximum Gasteiger partial charge on any atom is 0.145 e. The second-order valence-corrected chi connectivity index (χ2v) is 6.12. The minimum absolute atomic E-state index is 0.317. The molecule has 21 heavy (non-hydrogen) atoms. The molecule has 1 saturated carbocycles. The van der Waals surface area contributed by atoms with Crippen LogP contribution in [0.1, 0.15) is 49.3 Å². The molecule has 4 nitrogen and oxygen atoms in total. The summed E-state index contributed by atoms with van der Waals surface area (Å²) in [5, 5.41) is 9.44. The second kappa shape index (κ2) is 5.72. The molecule has 4 heteroatoms. The molecular formula is C17H21N3O. The lowest BCUT2D eigenvalue weighted by Gasteiger charge is -2.33. The van der Waals surface area contributed by atoms with E-state index in [1.54, 1.807) is 24.5 Å². The molecule has 0 bridgehead atoms. The lowest BCUT2D eigenvalue weighted by atomic mass is 9.72. The number of benzene rings is 1. The molecule has 3 rings (SSSR count). The Balaban J connectivity index is 1.85. The molecule has 0 radical (unpaired) electrons. The highest BCUT2D eigenvalue weighted by Gasteiger charge is 2.30. The summed E-state index contributed by atoms with van der Waals surface area (Å²) in [7, 11) is 0. The number of anilines is 1. The number of phenols is 1. The number of phenolic OH excluding ortho intramolecular Hbond substituents is 1. The van der Waals surface area contributed by atoms with Gasteiger partial charge in [0.2, 0.25) is 0 Å². The van der Waals surface area contributed by atoms with Gasteiger partial charge >= 0.3 is 0 Å². The summed E-state index contributed by atoms with van der Waals surface area (Å²) >= 11 is 0. The third-order valence-electron chi connectivity index (χ3n) is 4.45. The second-order valence-electron chi connectivity index (χ2n) is 6.12. The fourth-order valence-corrected chi connectivity index (χ4v) is 3.52. The zero-order valence-corrected chi connectivity index (χ0v) is 12.2. The van der Waals surface area contributed by atoms with Gasteiger partial charge in [-0.05, 0) is 48.8 Å². The van der Waals surface area contributed by atoms with Crippen molar-refractivity contribution >= 4 is 5.82 Å². The lowest BCUT2D eigenvalue weighted by molar-refractivity contribution is 0.304. The number of aromatic hydroxyl groups is 1. The van der Waals surface area contributed by atoms with Gasteiger partial charge in [-0.1, -0.05) is 19.1 Å². The van der Waals surface area contributed by atoms with Crippen molar-refractivity contribution in [2.45, 2.75) is 38.0 Å². The summed E-state index contributed by atoms with van der Waals surface area (Å²) in [6.45, 7) is 2.28. The van der Waals surface area contributed by atoms with Crippen molar-refractivity contribution in [3.8, 4) is 5.75 Å². The van der Waals surface area contributed by atoms with E-state index in [1.807, 2.05) is 12.1 Å². The zero-order valence-electron chi connectivity index (χ0n) is 12.2. The predicted molar refractivity (Wildman–Crippen MR) is 83.0 cm³/mol. The third-order valence-corrected chi connectivity index (χ3v) is 4.45. The van der Waals surface area contributed by atoms with Crippen LogP contribution < -0.4 is 5.73 Å². The standard InChI is InChI=1S/C17H21N3O/c1-11-8-13(12-2-4-15(21)5-3-12)10-14(9-11)16-17(18)20-7-6-19-16/h2-7,11,13-14,21H,8-10H2,1H3,(H2,18,20). The van der Waals surface area contributed by atoms with Crippen LogP contribution in [0.15, 0.2) is 36.7 Å². The van der Waals surface area contributed by atoms with Crippen LogP contribution in [0.4, 0.5) is 5.82 Å². The molecule has 1 aliphatic rings. The summed E-state index contributed by atoms with van der Waals surface area (Å²) in [6, 6.07) is 7.57. The predicted octanol–water partition coefficient (Wildman–Crippen LogP) is 3.45. The van der Waals surface area contributed by atoms with Gasteiger partial charge in [-0.3, -0.25) is 4.98 Å². The summed E-state index contributed by atoms with van der Waals surface area (Å²) in [5.41, 5.74) is 8.22. The molecule has 3 atom stereocenters. The van der Waals surface area contributed by atoms with Crippen LogP contribution in [-0.4, -0.2) is 15.1 Å². The minimum atomic E-state index is 0.317. The van der Waals surface area contributed by atoms with Crippen LogP contribution in [0.2, 0.25) is 0 Å². The van der Waals surface area contributed by atoms with Gasteiger partial charge in [0.25, 0.3) is 0 Å². The van der Waals surface area contributed by atoms with Gasteiger partial charge in [0.15, 0.2) is 0 Å². The highest BCUT2D eigenvalue weighted by atomic mass is 16.3. The molecule has 1 heterocycles. The quantitative estimate of drug-likeness (QED) is 0.885. The number of nitrogen functional groups attached to an aromatic ring is 1. The van der Waals surface area contributed by atoms with Crippen LogP contribution in [0.3, 0.4) is 0 Å². The molecule has 3 unspecified atom stereocenters. The Bertz CT molecular complexity index is 612. The Morgan fingerprint density at radius 1 is 1.00 bits per heavy atom. The van der Waals surface area contributed by atoms with E-state index in [1.165, 1.54) is 12.0 Å². The maximum absolute atomic E-state index is 9.44. The zero-order chi connectivity index (χ0) is 14.8. The van der Waals surface area contributed by atoms with E-state index in [0.717, 1.165) is 18.5 Å². The van der Waals surface area contributed by atoms with Gasteiger partial charge in [-0.25, -0.2) is 4.98 Å². The summed E-state index contributed by atoms with van der Waals surface area (Å²) in [6.07, 6.45) is 6.68. The molecule has 1 aromatic carbocycles. The first-order chi connectivity index (χ1) is 10.1. The van der Waals surface area contributed by atoms with E-state index >= 15 is 0 Å². The van der Waals surface area contributed by atoms with Crippen LogP contribution >= 0.6 is 0 Å². The molecule has 2 aromatic rings. The van der Waals surface area contributed by atoms with Gasteiger partial charge in [0.05, 0.1) is 5.69 Å². The molecule has 1 aromatic heterocycles. The van der Waals surface area contributed by atoms with Gasteiger partial charge in [-0.2, -0.15) is 0 Å². The molecule has 0 spiro atoms. The van der Waals surface area contributed by atoms with E-state index in [4.69, 9.17) is 5.73 Å². The van der Waals surface area contributed by atoms with Gasteiger partial charge < -0.3 is 10.8 Å². The topological polar surface area (TPSA) is 72.0 Å². The number of hydrogen-bond acceptors (Lipinski definition) is 4. The Morgan fingerprint density at radius 2 is 1.67 bits per heavy atom. The first kappa shape index (κ1) is 13.9. The normalized spacial score (nSPS) is 25.7. The van der Waals surface area contributed by atoms with Crippen LogP contribution in [-0.2, 0) is 0 Å². The van der Waals surface area contributed by atoms with Gasteiger partial charge in [0, 0.05) is 18.3 Å². The molecule has 3 N–H and O–H groups in total. The van der Waals surface area contributed by atoms with Crippen molar-refractivity contribution in [3.05, 3.63) is 47.9 Å². The number of nitrogens with zero attached hydrogens (tertiary/aromatic N) is 2. The smallest absolute Gasteiger partial charge is 0.145 e. The van der Waals surface area contributed by atoms with Crippen molar-refractivity contribution in [1.29, 1.82) is 0 Å². The first-order valence-corrected chi connectivity index (χ1v) is 7.48. The summed E-state index contributed by atoms with van der Waals surface area (Å²) in [5.74, 6) is 2.35. The molecule has 0 aliphatic heterocycles. The SMILES string of the molecule is CC1CC(c2ccc(O)cc2)CC(c2nccnc2N)C1. The Morgan fingerprint density at radius 3 is 2.38 bits per heavy atom. The Kier molecular flexibility index (Phi) is 3.78. The fraction of sp³-hybridized carbons (Fsp3) is 0.412. The average Bonchev–Trinajstić information content (AvgIpc) is 2.48. The average molecular weight is 283 g/mol. The molecule has 1 aliphatic carbocycles. The van der Waals surface area contributed by atoms with Gasteiger partial charge in [0.1, 0.15) is 11.6 Å². The number of aromatic nitrogens is 2. The molecule has 0 amide bonds. The lowest BCUT2D eigenvalue weighted by Crippen LogP contribution is -2.20. The highest BCUT2D eigenvalue weighted by molar-refractivity contribution is 5.37. The van der Waals surface area contributed by atoms with Crippen molar-refractivity contribution in [1.82, 2.24) is 9.97 Å². The summed E-state index contributed by atoms with van der Waals surface area (Å²) in [4.78, 5) is 8.62. The summed E-state index contributed by atoms with van der Waals surface area (Å²) < 4.78 is 0. The highest BCUT2D eigenvalue weighted by Crippen LogP contribution is 2.44. The van der Waals surface area contributed by atoms with Crippen molar-refractivity contribution in [2.75, 3.05) is 5.73 Å². The van der Waals surface area contributed by atoms with Crippen LogP contribution in [0.25, 0.3) is 0 Å². The van der Waals surface area contributed by atoms with E-state index in [0.29, 0.717) is 29.3 Å².